The summed E-state index contributed by atoms with van der Waals surface area (Å²) in [4.78, 5) is 30.5. The molecule has 6 heteroatoms. The van der Waals surface area contributed by atoms with E-state index in [0.717, 1.165) is 37.1 Å². The summed E-state index contributed by atoms with van der Waals surface area (Å²) in [6.45, 7) is 3.21. The first kappa shape index (κ1) is 22.1. The van der Waals surface area contributed by atoms with Crippen LogP contribution >= 0.6 is 0 Å². The van der Waals surface area contributed by atoms with Gasteiger partial charge in [-0.15, -0.1) is 0 Å². The maximum absolute atomic E-state index is 14.0. The molecule has 3 aliphatic rings. The Morgan fingerprint density at radius 3 is 2.27 bits per heavy atom. The molecule has 0 radical (unpaired) electrons. The molecule has 174 valence electrons. The molecular formula is C27H32N2O4. The number of carbonyl (C=O) groups excluding carboxylic acids is 2. The molecule has 1 atom stereocenters. The molecule has 0 unspecified atom stereocenters. The van der Waals surface area contributed by atoms with Gasteiger partial charge in [0.2, 0.25) is 5.91 Å². The molecule has 0 saturated carbocycles. The van der Waals surface area contributed by atoms with Crippen molar-refractivity contribution in [3.05, 3.63) is 66.2 Å². The topological polar surface area (TPSA) is 59.1 Å². The zero-order chi connectivity index (χ0) is 22.7. The molecule has 6 nitrogen and oxygen atoms in total. The number of para-hydroxylation sites is 1. The molecule has 3 fully saturated rings. The third-order valence-electron chi connectivity index (χ3n) is 7.58. The summed E-state index contributed by atoms with van der Waals surface area (Å²) in [7, 11) is 0. The molecule has 0 aliphatic carbocycles. The fourth-order valence-corrected chi connectivity index (χ4v) is 5.64. The predicted molar refractivity (Wildman–Crippen MR) is 126 cm³/mol. The number of hydrogen-bond acceptors (Lipinski definition) is 4. The van der Waals surface area contributed by atoms with Crippen LogP contribution in [0.25, 0.3) is 0 Å². The number of hydrogen-bond donors (Lipinski definition) is 0. The highest BCUT2D eigenvalue weighted by Crippen LogP contribution is 2.39. The van der Waals surface area contributed by atoms with Crippen molar-refractivity contribution in [3.63, 3.8) is 0 Å². The molecule has 2 amide bonds. The van der Waals surface area contributed by atoms with Gasteiger partial charge in [-0.1, -0.05) is 48.5 Å². The quantitative estimate of drug-likeness (QED) is 0.721. The van der Waals surface area contributed by atoms with E-state index in [-0.39, 0.29) is 18.4 Å². The highest BCUT2D eigenvalue weighted by Gasteiger charge is 2.47. The number of carbonyl (C=O) groups is 2. The molecule has 0 bridgehead atoms. The summed E-state index contributed by atoms with van der Waals surface area (Å²) in [5.41, 5.74) is 1.07. The zero-order valence-electron chi connectivity index (χ0n) is 19.1. The van der Waals surface area contributed by atoms with Crippen LogP contribution in [0.5, 0.6) is 0 Å². The van der Waals surface area contributed by atoms with E-state index in [1.807, 2.05) is 58.3 Å². The average molecular weight is 449 g/mol. The first-order valence-corrected chi connectivity index (χ1v) is 12.0. The molecule has 2 aromatic carbocycles. The van der Waals surface area contributed by atoms with E-state index in [1.165, 1.54) is 0 Å². The normalized spacial score (nSPS) is 25.6. The summed E-state index contributed by atoms with van der Waals surface area (Å²) < 4.78 is 11.8. The van der Waals surface area contributed by atoms with Crippen molar-refractivity contribution in [1.82, 2.24) is 4.90 Å². The van der Waals surface area contributed by atoms with Crippen LogP contribution in [-0.2, 0) is 24.5 Å². The van der Waals surface area contributed by atoms with Crippen LogP contribution < -0.4 is 4.90 Å². The van der Waals surface area contributed by atoms with Gasteiger partial charge in [-0.3, -0.25) is 9.59 Å². The van der Waals surface area contributed by atoms with Crippen LogP contribution in [-0.4, -0.2) is 61.8 Å². The highest BCUT2D eigenvalue weighted by molar-refractivity contribution is 5.95. The molecule has 0 N–H and O–H groups in total. The van der Waals surface area contributed by atoms with E-state index in [9.17, 15) is 9.59 Å². The molecule has 0 aromatic heterocycles. The SMILES string of the molecule is O=C1CO[C@@]2(CCCN(C(=O)C3(c4ccccc4)CCOCC3)CC2)CN1c1ccccc1. The number of ether oxygens (including phenoxy) is 2. The lowest BCUT2D eigenvalue weighted by Gasteiger charge is -2.42. The minimum atomic E-state index is -0.517. The monoisotopic (exact) mass is 448 g/mol. The van der Waals surface area contributed by atoms with E-state index in [4.69, 9.17) is 9.47 Å². The van der Waals surface area contributed by atoms with E-state index in [2.05, 4.69) is 12.1 Å². The van der Waals surface area contributed by atoms with Crippen LogP contribution in [0, 0.1) is 0 Å². The standard InChI is InChI=1S/C27H32N2O4/c30-24-20-33-26(21-29(24)23-10-5-2-6-11-23)12-7-16-28(17-13-26)25(31)27(14-18-32-19-15-27)22-8-3-1-4-9-22/h1-6,8-11H,7,12-21H2/t26-/m1/s1. The van der Waals surface area contributed by atoms with Gasteiger partial charge >= 0.3 is 0 Å². The number of anilines is 1. The Hall–Kier alpha value is -2.70. The summed E-state index contributed by atoms with van der Waals surface area (Å²) in [5.74, 6) is 0.204. The molecular weight excluding hydrogens is 416 g/mol. The van der Waals surface area contributed by atoms with Crippen molar-refractivity contribution >= 4 is 17.5 Å². The summed E-state index contributed by atoms with van der Waals surface area (Å²) >= 11 is 0. The fourth-order valence-electron chi connectivity index (χ4n) is 5.64. The van der Waals surface area contributed by atoms with Crippen molar-refractivity contribution < 1.29 is 19.1 Å². The van der Waals surface area contributed by atoms with Gasteiger partial charge in [-0.25, -0.2) is 0 Å². The zero-order valence-corrected chi connectivity index (χ0v) is 19.1. The molecule has 5 rings (SSSR count). The second kappa shape index (κ2) is 9.27. The highest BCUT2D eigenvalue weighted by atomic mass is 16.5. The van der Waals surface area contributed by atoms with Crippen molar-refractivity contribution in [2.45, 2.75) is 43.1 Å². The lowest BCUT2D eigenvalue weighted by atomic mass is 9.73. The number of likely N-dealkylation sites (tertiary alicyclic amines) is 1. The Morgan fingerprint density at radius 1 is 0.848 bits per heavy atom. The van der Waals surface area contributed by atoms with E-state index < -0.39 is 11.0 Å². The Morgan fingerprint density at radius 2 is 1.55 bits per heavy atom. The average Bonchev–Trinajstić information content (AvgIpc) is 3.09. The van der Waals surface area contributed by atoms with Crippen molar-refractivity contribution in [3.8, 4) is 0 Å². The number of rotatable bonds is 3. The first-order valence-electron chi connectivity index (χ1n) is 12.0. The van der Waals surface area contributed by atoms with Gasteiger partial charge in [-0.2, -0.15) is 0 Å². The Labute approximate surface area is 195 Å². The van der Waals surface area contributed by atoms with Gasteiger partial charge in [0, 0.05) is 32.0 Å². The number of nitrogens with zero attached hydrogens (tertiary/aromatic N) is 2. The Bertz CT molecular complexity index is 974. The maximum atomic E-state index is 14.0. The molecule has 3 aliphatic heterocycles. The second-order valence-electron chi connectivity index (χ2n) is 9.49. The predicted octanol–water partition coefficient (Wildman–Crippen LogP) is 3.55. The molecule has 3 heterocycles. The molecule has 3 saturated heterocycles. The van der Waals surface area contributed by atoms with Crippen LogP contribution in [0.4, 0.5) is 5.69 Å². The minimum Gasteiger partial charge on any atom is -0.381 e. The number of benzene rings is 2. The van der Waals surface area contributed by atoms with Gasteiger partial charge in [0.25, 0.3) is 5.91 Å². The van der Waals surface area contributed by atoms with Crippen LogP contribution in [0.15, 0.2) is 60.7 Å². The van der Waals surface area contributed by atoms with Crippen molar-refractivity contribution in [2.24, 2.45) is 0 Å². The summed E-state index contributed by atoms with van der Waals surface area (Å²) in [6, 6.07) is 20.0. The third-order valence-corrected chi connectivity index (χ3v) is 7.58. The number of amides is 2. The lowest BCUT2D eigenvalue weighted by molar-refractivity contribution is -0.144. The van der Waals surface area contributed by atoms with Gasteiger partial charge in [0.15, 0.2) is 0 Å². The third kappa shape index (κ3) is 4.30. The van der Waals surface area contributed by atoms with Gasteiger partial charge in [0.05, 0.1) is 17.6 Å². The smallest absolute Gasteiger partial charge is 0.253 e. The van der Waals surface area contributed by atoms with E-state index >= 15 is 0 Å². The van der Waals surface area contributed by atoms with Crippen LogP contribution in [0.3, 0.4) is 0 Å². The first-order chi connectivity index (χ1) is 16.1. The van der Waals surface area contributed by atoms with Crippen LogP contribution in [0.2, 0.25) is 0 Å². The van der Waals surface area contributed by atoms with Gasteiger partial charge in [0.1, 0.15) is 6.61 Å². The molecule has 33 heavy (non-hydrogen) atoms. The lowest BCUT2D eigenvalue weighted by Crippen LogP contribution is -2.55. The fraction of sp³-hybridized carbons (Fsp3) is 0.481. The number of morpholine rings is 1. The van der Waals surface area contributed by atoms with Crippen LogP contribution in [0.1, 0.15) is 37.7 Å². The molecule has 1 spiro atoms. The second-order valence-corrected chi connectivity index (χ2v) is 9.49. The van der Waals surface area contributed by atoms with E-state index in [0.29, 0.717) is 39.1 Å². The summed E-state index contributed by atoms with van der Waals surface area (Å²) in [6.07, 6.45) is 3.87. The van der Waals surface area contributed by atoms with Crippen molar-refractivity contribution in [1.29, 1.82) is 0 Å². The largest absolute Gasteiger partial charge is 0.381 e. The van der Waals surface area contributed by atoms with E-state index in [1.54, 1.807) is 0 Å². The summed E-state index contributed by atoms with van der Waals surface area (Å²) in [5, 5.41) is 0. The van der Waals surface area contributed by atoms with Crippen molar-refractivity contribution in [2.75, 3.05) is 44.4 Å². The molecule has 2 aromatic rings. The van der Waals surface area contributed by atoms with Gasteiger partial charge in [-0.05, 0) is 49.8 Å². The maximum Gasteiger partial charge on any atom is 0.253 e. The Kier molecular flexibility index (Phi) is 6.21. The van der Waals surface area contributed by atoms with Gasteiger partial charge < -0.3 is 19.3 Å². The minimum absolute atomic E-state index is 0.00533. The Balaban J connectivity index is 1.34.